The molecule has 0 fully saturated rings. The summed E-state index contributed by atoms with van der Waals surface area (Å²) < 4.78 is 0. The molecule has 0 N–H and O–H groups in total. The summed E-state index contributed by atoms with van der Waals surface area (Å²) in [5.74, 6) is 1.24. The number of fused-ring (bicyclic) bond motifs is 1. The fourth-order valence-electron chi connectivity index (χ4n) is 2.48. The minimum atomic E-state index is 0.128. The van der Waals surface area contributed by atoms with Crippen molar-refractivity contribution in [3.63, 3.8) is 0 Å². The third kappa shape index (κ3) is 1.81. The van der Waals surface area contributed by atoms with Crippen LogP contribution in [0.25, 0.3) is 0 Å². The van der Waals surface area contributed by atoms with Crippen LogP contribution in [0.4, 0.5) is 0 Å². The van der Waals surface area contributed by atoms with Crippen LogP contribution < -0.4 is 0 Å². The average Bonchev–Trinajstić information content (AvgIpc) is 2.55. The molecule has 0 amide bonds. The maximum absolute atomic E-state index is 4.89. The van der Waals surface area contributed by atoms with Crippen LogP contribution in [-0.4, -0.2) is 28.9 Å². The van der Waals surface area contributed by atoms with E-state index in [4.69, 9.17) is 4.99 Å². The molecule has 2 nitrogen and oxygen atoms in total. The minimum Gasteiger partial charge on any atom is -0.349 e. The van der Waals surface area contributed by atoms with Crippen LogP contribution in [-0.2, 0) is 0 Å². The number of hydrogen-bond donors (Lipinski definition) is 0. The van der Waals surface area contributed by atoms with E-state index in [1.54, 1.807) is 0 Å². The highest BCUT2D eigenvalue weighted by atomic mass is 15.3. The number of hydrogen-bond acceptors (Lipinski definition) is 2. The van der Waals surface area contributed by atoms with Crippen LogP contribution in [0.15, 0.2) is 29.3 Å². The molecule has 0 aromatic heterocycles. The summed E-state index contributed by atoms with van der Waals surface area (Å²) in [5, 5.41) is 0. The molecule has 0 bridgehead atoms. The molecule has 1 heterocycles. The largest absolute Gasteiger partial charge is 0.349 e. The number of aliphatic imine (C=N–C) groups is 1. The van der Waals surface area contributed by atoms with Gasteiger partial charge in [0.15, 0.2) is 0 Å². The van der Waals surface area contributed by atoms with E-state index < -0.39 is 0 Å². The zero-order valence-corrected chi connectivity index (χ0v) is 10.9. The number of rotatable bonds is 1. The molecule has 2 aliphatic rings. The van der Waals surface area contributed by atoms with Crippen LogP contribution in [0.3, 0.4) is 0 Å². The van der Waals surface area contributed by atoms with E-state index in [2.05, 4.69) is 63.8 Å². The van der Waals surface area contributed by atoms with Crippen molar-refractivity contribution in [1.82, 2.24) is 4.90 Å². The fraction of sp³-hybridized carbons (Fsp3) is 0.643. The smallest absolute Gasteiger partial charge is 0.106 e. The molecule has 0 saturated carbocycles. The molecular weight excluding hydrogens is 196 g/mol. The van der Waals surface area contributed by atoms with Crippen molar-refractivity contribution in [3.8, 4) is 0 Å². The van der Waals surface area contributed by atoms with E-state index in [9.17, 15) is 0 Å². The molecule has 2 heteroatoms. The van der Waals surface area contributed by atoms with Crippen molar-refractivity contribution in [2.24, 2.45) is 10.4 Å². The van der Waals surface area contributed by atoms with Gasteiger partial charge in [0.2, 0.25) is 0 Å². The maximum atomic E-state index is 4.89. The van der Waals surface area contributed by atoms with E-state index in [1.165, 1.54) is 5.84 Å². The summed E-state index contributed by atoms with van der Waals surface area (Å²) in [7, 11) is 0. The highest BCUT2D eigenvalue weighted by Crippen LogP contribution is 2.32. The fourth-order valence-corrected chi connectivity index (χ4v) is 2.48. The molecular formula is C14H22N2. The Kier molecular flexibility index (Phi) is 2.69. The lowest BCUT2D eigenvalue weighted by Gasteiger charge is -2.36. The standard InChI is InChI=1S/C14H22N2/c1-10(2)16-12-9-7-6-8-11(12)15-13(16)14(3,4)5/h6-12H,1-5H3. The predicted octanol–water partition coefficient (Wildman–Crippen LogP) is 3.02. The number of amidine groups is 1. The van der Waals surface area contributed by atoms with Gasteiger partial charge in [-0.1, -0.05) is 45.1 Å². The molecule has 88 valence electrons. The lowest BCUT2D eigenvalue weighted by atomic mass is 9.93. The van der Waals surface area contributed by atoms with E-state index >= 15 is 0 Å². The van der Waals surface area contributed by atoms with Gasteiger partial charge in [-0.15, -0.1) is 0 Å². The molecule has 1 aliphatic heterocycles. The second-order valence-electron chi connectivity index (χ2n) is 5.95. The van der Waals surface area contributed by atoms with E-state index in [1.807, 2.05) is 0 Å². The summed E-state index contributed by atoms with van der Waals surface area (Å²) >= 11 is 0. The lowest BCUT2D eigenvalue weighted by molar-refractivity contribution is 0.288. The SMILES string of the molecule is CC(C)N1C(C(C)(C)C)=NC2C=CC=CC21. The third-order valence-corrected chi connectivity index (χ3v) is 3.14. The van der Waals surface area contributed by atoms with Crippen molar-refractivity contribution >= 4 is 5.84 Å². The quantitative estimate of drug-likeness (QED) is 0.660. The van der Waals surface area contributed by atoms with Gasteiger partial charge < -0.3 is 4.90 Å². The van der Waals surface area contributed by atoms with Crippen LogP contribution >= 0.6 is 0 Å². The first-order valence-corrected chi connectivity index (χ1v) is 6.13. The Morgan fingerprint density at radius 3 is 2.38 bits per heavy atom. The Hall–Kier alpha value is -1.05. The molecule has 16 heavy (non-hydrogen) atoms. The molecule has 2 rings (SSSR count). The normalized spacial score (nSPS) is 28.6. The molecule has 0 radical (unpaired) electrons. The Labute approximate surface area is 98.7 Å². The van der Waals surface area contributed by atoms with Crippen molar-refractivity contribution in [1.29, 1.82) is 0 Å². The van der Waals surface area contributed by atoms with Crippen molar-refractivity contribution < 1.29 is 0 Å². The first kappa shape index (κ1) is 11.4. The van der Waals surface area contributed by atoms with Gasteiger partial charge in [0.05, 0.1) is 12.1 Å². The monoisotopic (exact) mass is 218 g/mol. The van der Waals surface area contributed by atoms with Gasteiger partial charge in [-0.25, -0.2) is 0 Å². The lowest BCUT2D eigenvalue weighted by Crippen LogP contribution is -2.47. The molecule has 2 atom stereocenters. The second kappa shape index (κ2) is 3.76. The summed E-state index contributed by atoms with van der Waals surface area (Å²) in [6, 6.07) is 1.25. The van der Waals surface area contributed by atoms with Crippen molar-refractivity contribution in [2.45, 2.75) is 52.7 Å². The van der Waals surface area contributed by atoms with Gasteiger partial charge in [0.25, 0.3) is 0 Å². The Morgan fingerprint density at radius 1 is 1.19 bits per heavy atom. The molecule has 2 unspecified atom stereocenters. The Morgan fingerprint density at radius 2 is 1.81 bits per heavy atom. The van der Waals surface area contributed by atoms with Crippen LogP contribution in [0.1, 0.15) is 34.6 Å². The topological polar surface area (TPSA) is 15.6 Å². The van der Waals surface area contributed by atoms with Crippen LogP contribution in [0.2, 0.25) is 0 Å². The highest BCUT2D eigenvalue weighted by Gasteiger charge is 2.39. The second-order valence-corrected chi connectivity index (χ2v) is 5.95. The molecule has 0 aromatic rings. The van der Waals surface area contributed by atoms with Gasteiger partial charge >= 0.3 is 0 Å². The molecule has 0 spiro atoms. The minimum absolute atomic E-state index is 0.128. The first-order chi connectivity index (χ1) is 7.41. The molecule has 0 aromatic carbocycles. The first-order valence-electron chi connectivity index (χ1n) is 6.13. The summed E-state index contributed by atoms with van der Waals surface area (Å²) in [6.45, 7) is 11.2. The van der Waals surface area contributed by atoms with Gasteiger partial charge in [-0.3, -0.25) is 4.99 Å². The number of nitrogens with zero attached hydrogens (tertiary/aromatic N) is 2. The van der Waals surface area contributed by atoms with E-state index in [0.717, 1.165) is 0 Å². The van der Waals surface area contributed by atoms with E-state index in [-0.39, 0.29) is 5.41 Å². The predicted molar refractivity (Wildman–Crippen MR) is 69.7 cm³/mol. The van der Waals surface area contributed by atoms with Crippen molar-refractivity contribution in [2.75, 3.05) is 0 Å². The molecule has 1 aliphatic carbocycles. The summed E-state index contributed by atoms with van der Waals surface area (Å²) in [6.07, 6.45) is 8.72. The summed E-state index contributed by atoms with van der Waals surface area (Å²) in [4.78, 5) is 7.35. The summed E-state index contributed by atoms with van der Waals surface area (Å²) in [5.41, 5.74) is 0.128. The molecule has 0 saturated heterocycles. The van der Waals surface area contributed by atoms with Crippen LogP contribution in [0.5, 0.6) is 0 Å². The Balaban J connectivity index is 2.37. The Bertz CT molecular complexity index is 355. The van der Waals surface area contributed by atoms with Gasteiger partial charge in [0.1, 0.15) is 5.84 Å². The maximum Gasteiger partial charge on any atom is 0.106 e. The third-order valence-electron chi connectivity index (χ3n) is 3.14. The van der Waals surface area contributed by atoms with Gasteiger partial charge in [-0.2, -0.15) is 0 Å². The van der Waals surface area contributed by atoms with Crippen molar-refractivity contribution in [3.05, 3.63) is 24.3 Å². The average molecular weight is 218 g/mol. The highest BCUT2D eigenvalue weighted by molar-refractivity contribution is 5.90. The van der Waals surface area contributed by atoms with Crippen LogP contribution in [0, 0.1) is 5.41 Å². The van der Waals surface area contributed by atoms with Gasteiger partial charge in [0, 0.05) is 11.5 Å². The number of allylic oxidation sites excluding steroid dienone is 2. The zero-order chi connectivity index (χ0) is 11.9. The van der Waals surface area contributed by atoms with Gasteiger partial charge in [-0.05, 0) is 13.8 Å². The zero-order valence-electron chi connectivity index (χ0n) is 10.9. The van der Waals surface area contributed by atoms with E-state index in [0.29, 0.717) is 18.1 Å².